The lowest BCUT2D eigenvalue weighted by Crippen LogP contribution is -2.20. The van der Waals surface area contributed by atoms with E-state index in [0.29, 0.717) is 12.5 Å². The molecule has 0 aliphatic carbocycles. The van der Waals surface area contributed by atoms with Gasteiger partial charge in [-0.2, -0.15) is 0 Å². The van der Waals surface area contributed by atoms with E-state index < -0.39 is 0 Å². The first-order chi connectivity index (χ1) is 13.8. The van der Waals surface area contributed by atoms with Crippen LogP contribution in [0, 0.1) is 0 Å². The Bertz CT molecular complexity index is 1050. The maximum atomic E-state index is 6.36. The number of nitrogens with one attached hydrogen (secondary N) is 1. The summed E-state index contributed by atoms with van der Waals surface area (Å²) < 4.78 is 7.90. The topological polar surface area (TPSA) is 39.1 Å². The summed E-state index contributed by atoms with van der Waals surface area (Å²) in [5.41, 5.74) is 3.60. The highest BCUT2D eigenvalue weighted by molar-refractivity contribution is 6.31. The van der Waals surface area contributed by atoms with Crippen molar-refractivity contribution in [2.75, 3.05) is 13.2 Å². The molecule has 5 heteroatoms. The Kier molecular flexibility index (Phi) is 5.90. The number of fused-ring (bicyclic) bond motifs is 1. The number of nitrogens with zero attached hydrogens (tertiary/aromatic N) is 2. The maximum absolute atomic E-state index is 6.36. The third kappa shape index (κ3) is 4.35. The van der Waals surface area contributed by atoms with E-state index in [0.717, 1.165) is 30.2 Å². The highest BCUT2D eigenvalue weighted by Gasteiger charge is 2.09. The molecule has 0 unspecified atom stereocenters. The van der Waals surface area contributed by atoms with Crippen molar-refractivity contribution in [1.29, 1.82) is 0 Å². The van der Waals surface area contributed by atoms with E-state index in [1.807, 2.05) is 36.4 Å². The number of para-hydroxylation sites is 1. The monoisotopic (exact) mass is 391 g/mol. The van der Waals surface area contributed by atoms with Crippen molar-refractivity contribution in [3.05, 3.63) is 95.3 Å². The molecule has 0 aliphatic heterocycles. The number of hydrogen-bond acceptors (Lipinski definition) is 3. The average molecular weight is 392 g/mol. The predicted molar refractivity (Wildman–Crippen MR) is 114 cm³/mol. The molecule has 28 heavy (non-hydrogen) atoms. The molecule has 0 fully saturated rings. The first kappa shape index (κ1) is 18.5. The Balaban J connectivity index is 1.42. The molecule has 0 atom stereocenters. The summed E-state index contributed by atoms with van der Waals surface area (Å²) in [6.07, 6.45) is 3.94. The highest BCUT2D eigenvalue weighted by Crippen LogP contribution is 2.24. The largest absolute Gasteiger partial charge is 0.476 e. The van der Waals surface area contributed by atoms with Crippen LogP contribution in [0.3, 0.4) is 0 Å². The van der Waals surface area contributed by atoms with Gasteiger partial charge >= 0.3 is 0 Å². The standard InChI is InChI=1S/C23H22ClN3O/c24-21-9-3-1-7-18(21)16-27-17-19(20-8-2-4-10-22(20)27)15-25-13-14-28-23-11-5-6-12-26-23/h1-12,17,25H,13-16H2. The van der Waals surface area contributed by atoms with Gasteiger partial charge in [0.05, 0.1) is 0 Å². The molecule has 0 radical (unpaired) electrons. The summed E-state index contributed by atoms with van der Waals surface area (Å²) in [6, 6.07) is 22.1. The fourth-order valence-corrected chi connectivity index (χ4v) is 3.48. The lowest BCUT2D eigenvalue weighted by Gasteiger charge is -2.07. The van der Waals surface area contributed by atoms with Gasteiger partial charge in [-0.25, -0.2) is 4.98 Å². The van der Waals surface area contributed by atoms with E-state index in [-0.39, 0.29) is 0 Å². The van der Waals surface area contributed by atoms with E-state index in [2.05, 4.69) is 51.4 Å². The van der Waals surface area contributed by atoms with Gasteiger partial charge in [0.1, 0.15) is 6.61 Å². The molecule has 2 heterocycles. The number of halogens is 1. The molecule has 4 rings (SSSR count). The second-order valence-electron chi connectivity index (χ2n) is 6.58. The number of ether oxygens (including phenoxy) is 1. The molecule has 1 N–H and O–H groups in total. The molecular formula is C23H22ClN3O. The van der Waals surface area contributed by atoms with Crippen molar-refractivity contribution in [2.24, 2.45) is 0 Å². The number of pyridine rings is 1. The zero-order chi connectivity index (χ0) is 19.2. The molecule has 2 aromatic carbocycles. The SMILES string of the molecule is Clc1ccccc1Cn1cc(CNCCOc2ccccn2)c2ccccc21. The minimum atomic E-state index is 0.579. The molecule has 0 bridgehead atoms. The normalized spacial score (nSPS) is 11.0. The van der Waals surface area contributed by atoms with Crippen LogP contribution >= 0.6 is 11.6 Å². The second-order valence-corrected chi connectivity index (χ2v) is 6.99. The van der Waals surface area contributed by atoms with Crippen molar-refractivity contribution in [2.45, 2.75) is 13.1 Å². The van der Waals surface area contributed by atoms with Gasteiger partial charge in [0.25, 0.3) is 0 Å². The van der Waals surface area contributed by atoms with Crippen LogP contribution in [-0.4, -0.2) is 22.7 Å². The van der Waals surface area contributed by atoms with Crippen LogP contribution in [0.4, 0.5) is 0 Å². The molecule has 142 valence electrons. The van der Waals surface area contributed by atoms with Crippen LogP contribution in [0.5, 0.6) is 5.88 Å². The summed E-state index contributed by atoms with van der Waals surface area (Å²) in [6.45, 7) is 2.86. The zero-order valence-electron chi connectivity index (χ0n) is 15.5. The second kappa shape index (κ2) is 8.91. The Labute approximate surface area is 169 Å². The van der Waals surface area contributed by atoms with Gasteiger partial charge < -0.3 is 14.6 Å². The van der Waals surface area contributed by atoms with Crippen molar-refractivity contribution >= 4 is 22.5 Å². The molecule has 0 spiro atoms. The predicted octanol–water partition coefficient (Wildman–Crippen LogP) is 4.91. The van der Waals surface area contributed by atoms with Crippen LogP contribution in [0.1, 0.15) is 11.1 Å². The van der Waals surface area contributed by atoms with E-state index in [1.165, 1.54) is 16.5 Å². The zero-order valence-corrected chi connectivity index (χ0v) is 16.3. The quantitative estimate of drug-likeness (QED) is 0.434. The summed E-state index contributed by atoms with van der Waals surface area (Å²) in [5, 5.41) is 5.52. The first-order valence-electron chi connectivity index (χ1n) is 9.36. The molecular weight excluding hydrogens is 370 g/mol. The molecule has 4 nitrogen and oxygen atoms in total. The molecule has 0 aliphatic rings. The van der Waals surface area contributed by atoms with E-state index >= 15 is 0 Å². The van der Waals surface area contributed by atoms with Crippen molar-refractivity contribution in [3.63, 3.8) is 0 Å². The van der Waals surface area contributed by atoms with E-state index in [9.17, 15) is 0 Å². The summed E-state index contributed by atoms with van der Waals surface area (Å²) in [4.78, 5) is 4.16. The lowest BCUT2D eigenvalue weighted by atomic mass is 10.2. The van der Waals surface area contributed by atoms with Crippen LogP contribution in [0.25, 0.3) is 10.9 Å². The summed E-state index contributed by atoms with van der Waals surface area (Å²) in [5.74, 6) is 0.653. The number of benzene rings is 2. The van der Waals surface area contributed by atoms with Gasteiger partial charge in [-0.15, -0.1) is 0 Å². The number of rotatable bonds is 8. The number of hydrogen-bond donors (Lipinski definition) is 1. The highest BCUT2D eigenvalue weighted by atomic mass is 35.5. The van der Waals surface area contributed by atoms with Crippen molar-refractivity contribution in [3.8, 4) is 5.88 Å². The fourth-order valence-electron chi connectivity index (χ4n) is 3.29. The average Bonchev–Trinajstić information content (AvgIpc) is 3.08. The Hall–Kier alpha value is -2.82. The summed E-state index contributed by atoms with van der Waals surface area (Å²) >= 11 is 6.36. The van der Waals surface area contributed by atoms with Gasteiger partial charge in [0.2, 0.25) is 5.88 Å². The molecule has 2 aromatic heterocycles. The van der Waals surface area contributed by atoms with Crippen molar-refractivity contribution < 1.29 is 4.74 Å². The molecule has 4 aromatic rings. The van der Waals surface area contributed by atoms with E-state index in [4.69, 9.17) is 16.3 Å². The third-order valence-electron chi connectivity index (χ3n) is 4.65. The Morgan fingerprint density at radius 1 is 0.929 bits per heavy atom. The van der Waals surface area contributed by atoms with Gasteiger partial charge in [0.15, 0.2) is 0 Å². The van der Waals surface area contributed by atoms with Gasteiger partial charge in [-0.05, 0) is 29.3 Å². The smallest absolute Gasteiger partial charge is 0.213 e. The maximum Gasteiger partial charge on any atom is 0.213 e. The Morgan fingerprint density at radius 3 is 2.61 bits per heavy atom. The van der Waals surface area contributed by atoms with Crippen molar-refractivity contribution in [1.82, 2.24) is 14.9 Å². The van der Waals surface area contributed by atoms with Crippen LogP contribution in [0.15, 0.2) is 79.1 Å². The van der Waals surface area contributed by atoms with Gasteiger partial charge in [-0.1, -0.05) is 54.1 Å². The fraction of sp³-hybridized carbons (Fsp3) is 0.174. The minimum Gasteiger partial charge on any atom is -0.476 e. The van der Waals surface area contributed by atoms with Crippen LogP contribution < -0.4 is 10.1 Å². The van der Waals surface area contributed by atoms with E-state index in [1.54, 1.807) is 6.20 Å². The first-order valence-corrected chi connectivity index (χ1v) is 9.74. The summed E-state index contributed by atoms with van der Waals surface area (Å²) in [7, 11) is 0. The number of aromatic nitrogens is 2. The van der Waals surface area contributed by atoms with Crippen LogP contribution in [-0.2, 0) is 13.1 Å². The minimum absolute atomic E-state index is 0.579. The van der Waals surface area contributed by atoms with Gasteiger partial charge in [0, 0.05) is 54.0 Å². The third-order valence-corrected chi connectivity index (χ3v) is 5.02. The molecule has 0 amide bonds. The molecule has 0 saturated carbocycles. The lowest BCUT2D eigenvalue weighted by molar-refractivity contribution is 0.302. The Morgan fingerprint density at radius 2 is 1.75 bits per heavy atom. The van der Waals surface area contributed by atoms with Crippen LogP contribution in [0.2, 0.25) is 5.02 Å². The van der Waals surface area contributed by atoms with Gasteiger partial charge in [-0.3, -0.25) is 0 Å². The molecule has 0 saturated heterocycles.